The Morgan fingerprint density at radius 1 is 1.45 bits per heavy atom. The molecule has 2 heterocycles. The van der Waals surface area contributed by atoms with Crippen molar-refractivity contribution in [3.8, 4) is 0 Å². The number of hydrogen-bond acceptors (Lipinski definition) is 6. The summed E-state index contributed by atoms with van der Waals surface area (Å²) in [6.07, 6.45) is 0. The van der Waals surface area contributed by atoms with E-state index in [1.165, 1.54) is 13.2 Å². The number of ether oxygens (including phenoxy) is 1. The lowest BCUT2D eigenvalue weighted by molar-refractivity contribution is 0.0596. The van der Waals surface area contributed by atoms with Crippen molar-refractivity contribution in [3.63, 3.8) is 0 Å². The van der Waals surface area contributed by atoms with E-state index in [4.69, 9.17) is 10.3 Å². The van der Waals surface area contributed by atoms with Crippen LogP contribution in [0.25, 0.3) is 21.9 Å². The first kappa shape index (κ1) is 12.3. The normalized spacial score (nSPS) is 11.2. The number of nitrogen functional groups attached to an aromatic ring is 1. The van der Waals surface area contributed by atoms with Gasteiger partial charge in [-0.25, -0.2) is 14.2 Å². The van der Waals surface area contributed by atoms with E-state index in [2.05, 4.69) is 14.9 Å². The fourth-order valence-corrected chi connectivity index (χ4v) is 2.14. The summed E-state index contributed by atoms with van der Waals surface area (Å²) in [5, 5.41) is 4.83. The Labute approximate surface area is 112 Å². The topological polar surface area (TPSA) is 91.2 Å². The zero-order chi connectivity index (χ0) is 14.4. The van der Waals surface area contributed by atoms with E-state index in [0.29, 0.717) is 22.0 Å². The molecule has 0 radical (unpaired) electrons. The number of hydrogen-bond donors (Lipinski definition) is 1. The summed E-state index contributed by atoms with van der Waals surface area (Å²) in [5.74, 6) is -1.30. The third-order valence-electron chi connectivity index (χ3n) is 3.10. The number of carbonyl (C=O) groups excluding carboxylic acids is 1. The van der Waals surface area contributed by atoms with Crippen molar-refractivity contribution in [2.24, 2.45) is 0 Å². The van der Waals surface area contributed by atoms with Gasteiger partial charge in [-0.3, -0.25) is 0 Å². The molecule has 0 saturated heterocycles. The summed E-state index contributed by atoms with van der Waals surface area (Å²) in [6, 6.07) is 2.45. The van der Waals surface area contributed by atoms with Crippen LogP contribution in [0.15, 0.2) is 16.7 Å². The third-order valence-corrected chi connectivity index (χ3v) is 3.10. The number of nitrogens with two attached hydrogens (primary N) is 1. The van der Waals surface area contributed by atoms with Gasteiger partial charge in [-0.15, -0.1) is 0 Å². The first-order valence-corrected chi connectivity index (χ1v) is 5.76. The van der Waals surface area contributed by atoms with Crippen LogP contribution in [0, 0.1) is 12.7 Å². The van der Waals surface area contributed by atoms with Crippen LogP contribution in [-0.2, 0) is 4.74 Å². The van der Waals surface area contributed by atoms with Crippen LogP contribution in [0.3, 0.4) is 0 Å². The molecule has 3 aromatic rings. The number of esters is 1. The van der Waals surface area contributed by atoms with Gasteiger partial charge in [-0.1, -0.05) is 5.16 Å². The second-order valence-electron chi connectivity index (χ2n) is 4.31. The SMILES string of the molecule is COC(=O)c1cc2c(cc1F)nc(N)c1c(C)noc12. The molecule has 0 saturated carbocycles. The number of aryl methyl sites for hydroxylation is 1. The lowest BCUT2D eigenvalue weighted by Crippen LogP contribution is -2.05. The molecule has 0 aliphatic carbocycles. The van der Waals surface area contributed by atoms with Crippen LogP contribution in [0.2, 0.25) is 0 Å². The zero-order valence-corrected chi connectivity index (χ0v) is 10.7. The van der Waals surface area contributed by atoms with Gasteiger partial charge in [0.25, 0.3) is 0 Å². The Morgan fingerprint density at radius 2 is 2.20 bits per heavy atom. The van der Waals surface area contributed by atoms with E-state index < -0.39 is 11.8 Å². The molecule has 0 aliphatic rings. The smallest absolute Gasteiger partial charge is 0.340 e. The molecular formula is C13H10FN3O3. The molecule has 0 fully saturated rings. The minimum Gasteiger partial charge on any atom is -0.465 e. The van der Waals surface area contributed by atoms with Gasteiger partial charge in [0.2, 0.25) is 0 Å². The average Bonchev–Trinajstić information content (AvgIpc) is 2.80. The Hall–Kier alpha value is -2.70. The van der Waals surface area contributed by atoms with Crippen molar-refractivity contribution in [1.82, 2.24) is 10.1 Å². The summed E-state index contributed by atoms with van der Waals surface area (Å²) in [6.45, 7) is 1.72. The summed E-state index contributed by atoms with van der Waals surface area (Å²) in [4.78, 5) is 15.6. The number of benzene rings is 1. The quantitative estimate of drug-likeness (QED) is 0.684. The summed E-state index contributed by atoms with van der Waals surface area (Å²) in [7, 11) is 1.18. The molecule has 20 heavy (non-hydrogen) atoms. The maximum atomic E-state index is 13.9. The number of methoxy groups -OCH3 is 1. The molecule has 0 unspecified atom stereocenters. The third kappa shape index (κ3) is 1.59. The highest BCUT2D eigenvalue weighted by Crippen LogP contribution is 2.31. The van der Waals surface area contributed by atoms with E-state index >= 15 is 0 Å². The molecule has 6 nitrogen and oxygen atoms in total. The van der Waals surface area contributed by atoms with E-state index in [9.17, 15) is 9.18 Å². The summed E-state index contributed by atoms with van der Waals surface area (Å²) < 4.78 is 23.6. The molecule has 7 heteroatoms. The Kier molecular flexibility index (Phi) is 2.56. The highest BCUT2D eigenvalue weighted by atomic mass is 19.1. The van der Waals surface area contributed by atoms with Gasteiger partial charge in [-0.2, -0.15) is 0 Å². The Bertz CT molecular complexity index is 857. The number of anilines is 1. The minimum absolute atomic E-state index is 0.193. The second-order valence-corrected chi connectivity index (χ2v) is 4.31. The van der Waals surface area contributed by atoms with Gasteiger partial charge >= 0.3 is 5.97 Å². The Morgan fingerprint density at radius 3 is 2.90 bits per heavy atom. The number of fused-ring (bicyclic) bond motifs is 3. The fraction of sp³-hybridized carbons (Fsp3) is 0.154. The van der Waals surface area contributed by atoms with Crippen molar-refractivity contribution in [1.29, 1.82) is 0 Å². The van der Waals surface area contributed by atoms with Crippen LogP contribution in [0.1, 0.15) is 16.1 Å². The predicted octanol–water partition coefficient (Wildman–Crippen LogP) is 2.19. The monoisotopic (exact) mass is 275 g/mol. The highest BCUT2D eigenvalue weighted by Gasteiger charge is 2.19. The van der Waals surface area contributed by atoms with Crippen LogP contribution >= 0.6 is 0 Å². The maximum absolute atomic E-state index is 13.9. The molecule has 2 aromatic heterocycles. The number of rotatable bonds is 1. The van der Waals surface area contributed by atoms with Gasteiger partial charge in [0.15, 0.2) is 5.58 Å². The minimum atomic E-state index is -0.773. The highest BCUT2D eigenvalue weighted by molar-refractivity contribution is 6.09. The first-order valence-electron chi connectivity index (χ1n) is 5.76. The summed E-state index contributed by atoms with van der Waals surface area (Å²) >= 11 is 0. The number of halogens is 1. The van der Waals surface area contributed by atoms with Crippen molar-refractivity contribution in [2.75, 3.05) is 12.8 Å². The van der Waals surface area contributed by atoms with E-state index in [0.717, 1.165) is 6.07 Å². The first-order chi connectivity index (χ1) is 9.52. The largest absolute Gasteiger partial charge is 0.465 e. The van der Waals surface area contributed by atoms with E-state index in [-0.39, 0.29) is 16.9 Å². The number of carbonyl (C=O) groups is 1. The van der Waals surface area contributed by atoms with Gasteiger partial charge in [0, 0.05) is 11.5 Å². The maximum Gasteiger partial charge on any atom is 0.340 e. The molecule has 0 bridgehead atoms. The molecular weight excluding hydrogens is 265 g/mol. The molecule has 102 valence electrons. The van der Waals surface area contributed by atoms with Crippen LogP contribution in [0.4, 0.5) is 10.2 Å². The number of aromatic nitrogens is 2. The Balaban J connectivity index is 2.45. The molecule has 3 rings (SSSR count). The van der Waals surface area contributed by atoms with E-state index in [1.54, 1.807) is 6.92 Å². The molecule has 0 aliphatic heterocycles. The lowest BCUT2D eigenvalue weighted by Gasteiger charge is -2.05. The molecule has 0 spiro atoms. The van der Waals surface area contributed by atoms with Crippen LogP contribution in [0.5, 0.6) is 0 Å². The van der Waals surface area contributed by atoms with Crippen molar-refractivity contribution in [2.45, 2.75) is 6.92 Å². The van der Waals surface area contributed by atoms with Crippen LogP contribution in [-0.4, -0.2) is 23.2 Å². The number of nitrogens with zero attached hydrogens (tertiary/aromatic N) is 2. The predicted molar refractivity (Wildman–Crippen MR) is 69.8 cm³/mol. The van der Waals surface area contributed by atoms with Crippen molar-refractivity contribution in [3.05, 3.63) is 29.2 Å². The van der Waals surface area contributed by atoms with Crippen molar-refractivity contribution >= 4 is 33.7 Å². The van der Waals surface area contributed by atoms with Crippen LogP contribution < -0.4 is 5.73 Å². The number of pyridine rings is 1. The van der Waals surface area contributed by atoms with Gasteiger partial charge < -0.3 is 15.0 Å². The zero-order valence-electron chi connectivity index (χ0n) is 10.7. The molecule has 2 N–H and O–H groups in total. The fourth-order valence-electron chi connectivity index (χ4n) is 2.14. The second kappa shape index (κ2) is 4.16. The van der Waals surface area contributed by atoms with Crippen molar-refractivity contribution < 1.29 is 18.4 Å². The van der Waals surface area contributed by atoms with E-state index in [1.807, 2.05) is 0 Å². The van der Waals surface area contributed by atoms with Gasteiger partial charge in [0.05, 0.1) is 29.3 Å². The average molecular weight is 275 g/mol. The standard InChI is InChI=1S/C13H10FN3O3/c1-5-10-11(20-17-5)7-3-6(13(18)19-2)8(14)4-9(7)16-12(10)15/h3-4H,1-2H3,(H2,15,16). The molecule has 0 atom stereocenters. The van der Waals surface area contributed by atoms with Gasteiger partial charge in [-0.05, 0) is 13.0 Å². The summed E-state index contributed by atoms with van der Waals surface area (Å²) in [5.41, 5.74) is 6.86. The lowest BCUT2D eigenvalue weighted by atomic mass is 10.1. The van der Waals surface area contributed by atoms with Gasteiger partial charge in [0.1, 0.15) is 11.6 Å². The molecule has 0 amide bonds. The molecule has 1 aromatic carbocycles.